The maximum absolute atomic E-state index is 13.3. The number of pyridine rings is 1. The third-order valence-electron chi connectivity index (χ3n) is 10.2. The third kappa shape index (κ3) is 10.0. The van der Waals surface area contributed by atoms with E-state index in [1.165, 1.54) is 25.0 Å². The van der Waals surface area contributed by atoms with Gasteiger partial charge < -0.3 is 24.7 Å². The normalized spacial score (nSPS) is 20.7. The number of aromatic nitrogens is 1. The van der Waals surface area contributed by atoms with E-state index in [0.717, 1.165) is 90.6 Å². The maximum atomic E-state index is 13.3. The van der Waals surface area contributed by atoms with Crippen LogP contribution < -0.4 is 9.64 Å². The topological polar surface area (TPSA) is 89.4 Å². The van der Waals surface area contributed by atoms with Gasteiger partial charge in [0.2, 0.25) is 0 Å². The van der Waals surface area contributed by atoms with Gasteiger partial charge in [0.05, 0.1) is 30.0 Å². The quantitative estimate of drug-likeness (QED) is 0.233. The summed E-state index contributed by atoms with van der Waals surface area (Å²) >= 11 is 0. The Kier molecular flexibility index (Phi) is 11.9. The number of benzene rings is 2. The van der Waals surface area contributed by atoms with Crippen LogP contribution in [0, 0.1) is 18.2 Å². The average molecular weight is 689 g/mol. The van der Waals surface area contributed by atoms with E-state index in [4.69, 9.17) is 14.8 Å². The fourth-order valence-electron chi connectivity index (χ4n) is 7.54. The number of aliphatic carboxylic acids is 1. The van der Waals surface area contributed by atoms with Crippen LogP contribution in [0.2, 0.25) is 0 Å². The summed E-state index contributed by atoms with van der Waals surface area (Å²) in [7, 11) is 2.22. The highest BCUT2D eigenvalue weighted by molar-refractivity contribution is 5.86. The molecule has 50 heavy (non-hydrogen) atoms. The molecule has 0 amide bonds. The number of hydrogen-bond acceptors (Lipinski definition) is 7. The first kappa shape index (κ1) is 37.7. The van der Waals surface area contributed by atoms with Gasteiger partial charge in [-0.2, -0.15) is 0 Å². The lowest BCUT2D eigenvalue weighted by molar-refractivity contribution is -0.136. The number of aliphatic hydroxyl groups is 1. The summed E-state index contributed by atoms with van der Waals surface area (Å²) in [5.74, 6) is -0.300. The molecule has 272 valence electrons. The molecule has 3 aromatic rings. The fourth-order valence-corrected chi connectivity index (χ4v) is 7.54. The second-order valence-electron chi connectivity index (χ2n) is 16.3. The van der Waals surface area contributed by atoms with Gasteiger partial charge in [-0.3, -0.25) is 14.7 Å². The zero-order chi connectivity index (χ0) is 36.2. The Morgan fingerprint density at radius 3 is 2.14 bits per heavy atom. The number of fused-ring (bicyclic) bond motifs is 2. The monoisotopic (exact) mass is 688 g/mol. The fraction of sp³-hybridized carbons (Fsp3) is 0.561. The molecule has 3 saturated heterocycles. The molecule has 2 N–H and O–H groups in total. The molecule has 2 unspecified atom stereocenters. The van der Waals surface area contributed by atoms with Crippen molar-refractivity contribution in [3.63, 3.8) is 0 Å². The molecule has 3 aliphatic heterocycles. The molecule has 9 heteroatoms. The van der Waals surface area contributed by atoms with Crippen molar-refractivity contribution < 1.29 is 24.1 Å². The van der Waals surface area contributed by atoms with E-state index in [0.29, 0.717) is 25.1 Å². The lowest BCUT2D eigenvalue weighted by Gasteiger charge is -2.42. The minimum Gasteiger partial charge on any atom is -0.493 e. The predicted octanol–water partition coefficient (Wildman–Crippen LogP) is 7.13. The van der Waals surface area contributed by atoms with Crippen molar-refractivity contribution in [2.45, 2.75) is 104 Å². The summed E-state index contributed by atoms with van der Waals surface area (Å²) in [6, 6.07) is 15.8. The van der Waals surface area contributed by atoms with E-state index in [2.05, 4.69) is 47.7 Å². The number of carboxylic acid groups (broad SMARTS) is 1. The molecular weight excluding hydrogens is 631 g/mol. The number of carbonyl (C=O) groups is 1. The van der Waals surface area contributed by atoms with Crippen molar-refractivity contribution in [1.82, 2.24) is 14.8 Å². The highest BCUT2D eigenvalue weighted by atomic mass is 19.1. The average Bonchev–Trinajstić information content (AvgIpc) is 3.26. The van der Waals surface area contributed by atoms with Gasteiger partial charge >= 0.3 is 5.97 Å². The Hall–Kier alpha value is -3.53. The minimum absolute atomic E-state index is 0.0499. The molecule has 3 fully saturated rings. The number of nitrogens with zero attached hydrogens (tertiary/aromatic N) is 4. The van der Waals surface area contributed by atoms with Crippen LogP contribution in [-0.2, 0) is 24.2 Å². The Morgan fingerprint density at radius 2 is 1.58 bits per heavy atom. The second kappa shape index (κ2) is 15.8. The van der Waals surface area contributed by atoms with Gasteiger partial charge in [-0.1, -0.05) is 38.1 Å². The number of anilines is 1. The zero-order valence-corrected chi connectivity index (χ0v) is 31.1. The number of halogens is 1. The molecule has 2 aromatic carbocycles. The first-order valence-corrected chi connectivity index (χ1v) is 18.2. The van der Waals surface area contributed by atoms with E-state index in [1.54, 1.807) is 32.9 Å². The first-order chi connectivity index (χ1) is 23.6. The van der Waals surface area contributed by atoms with Crippen LogP contribution in [0.25, 0.3) is 11.1 Å². The molecule has 0 saturated carbocycles. The summed E-state index contributed by atoms with van der Waals surface area (Å²) in [5.41, 5.74) is 6.61. The van der Waals surface area contributed by atoms with Crippen LogP contribution in [0.5, 0.6) is 5.75 Å². The number of rotatable bonds is 10. The van der Waals surface area contributed by atoms with Gasteiger partial charge in [0, 0.05) is 68.0 Å². The van der Waals surface area contributed by atoms with E-state index < -0.39 is 11.6 Å². The van der Waals surface area contributed by atoms with Gasteiger partial charge in [-0.05, 0) is 101 Å². The molecule has 4 heterocycles. The first-order valence-electron chi connectivity index (χ1n) is 18.2. The van der Waals surface area contributed by atoms with E-state index in [1.807, 2.05) is 19.1 Å². The van der Waals surface area contributed by atoms with E-state index in [9.17, 15) is 14.3 Å². The van der Waals surface area contributed by atoms with Crippen molar-refractivity contribution in [3.8, 4) is 16.9 Å². The van der Waals surface area contributed by atoms with Crippen LogP contribution in [0.1, 0.15) is 82.8 Å². The molecule has 0 aliphatic carbocycles. The summed E-state index contributed by atoms with van der Waals surface area (Å²) in [5, 5.41) is 18.5. The van der Waals surface area contributed by atoms with Gasteiger partial charge in [0.1, 0.15) is 11.6 Å². The van der Waals surface area contributed by atoms with E-state index in [-0.39, 0.29) is 17.7 Å². The van der Waals surface area contributed by atoms with Crippen LogP contribution in [0.4, 0.5) is 10.1 Å². The predicted molar refractivity (Wildman–Crippen MR) is 198 cm³/mol. The molecule has 2 atom stereocenters. The Bertz CT molecular complexity index is 1570. The van der Waals surface area contributed by atoms with Gasteiger partial charge in [0.15, 0.2) is 0 Å². The number of likely N-dealkylation sites (tertiary alicyclic amines) is 1. The summed E-state index contributed by atoms with van der Waals surface area (Å²) in [6.45, 7) is 17.0. The highest BCUT2D eigenvalue weighted by Crippen LogP contribution is 2.43. The molecule has 0 spiro atoms. The van der Waals surface area contributed by atoms with Crippen molar-refractivity contribution >= 4 is 11.7 Å². The Labute approximate surface area is 298 Å². The number of ether oxygens (including phenoxy) is 1. The van der Waals surface area contributed by atoms with E-state index >= 15 is 0 Å². The number of carboxylic acids is 1. The molecule has 2 bridgehead atoms. The molecule has 3 aliphatic rings. The summed E-state index contributed by atoms with van der Waals surface area (Å²) in [6.07, 6.45) is 5.16. The second-order valence-corrected chi connectivity index (χ2v) is 16.3. The minimum atomic E-state index is -0.834. The number of piperazine rings is 1. The number of likely N-dealkylation sites (N-methyl/N-ethyl adjacent to an activating group) is 1. The number of piperidine rings is 1. The van der Waals surface area contributed by atoms with Gasteiger partial charge in [-0.25, -0.2) is 4.39 Å². The molecule has 6 rings (SSSR count). The zero-order valence-electron chi connectivity index (χ0n) is 31.1. The number of aryl methyl sites for hydroxylation is 1. The van der Waals surface area contributed by atoms with Gasteiger partial charge in [0.25, 0.3) is 0 Å². The molecule has 0 radical (unpaired) electrons. The van der Waals surface area contributed by atoms with Crippen molar-refractivity contribution in [1.29, 1.82) is 0 Å². The summed E-state index contributed by atoms with van der Waals surface area (Å²) in [4.78, 5) is 24.9. The maximum Gasteiger partial charge on any atom is 0.307 e. The standard InChI is InChI=1S/C37H47FN4O3.C4H10O/c1-25-32(21-34(43)44)36(41-18-16-37(2,3)17-19-41)35(33(39-25)24-42-29-11-12-30(42)23-40(4)22-29)27-7-13-31(14-8-27)45-20-15-26-5-9-28(38)10-6-26;1-4(2,3)5/h5-10,13-14,29-30H,11-12,15-24H2,1-4H3,(H,43,44);5H,1-3H3. The van der Waals surface area contributed by atoms with Crippen molar-refractivity contribution in [2.75, 3.05) is 44.7 Å². The molecule has 1 aromatic heterocycles. The largest absolute Gasteiger partial charge is 0.493 e. The van der Waals surface area contributed by atoms with Crippen LogP contribution in [0.15, 0.2) is 48.5 Å². The Balaban J connectivity index is 0.000000908. The van der Waals surface area contributed by atoms with Crippen LogP contribution in [-0.4, -0.2) is 88.5 Å². The van der Waals surface area contributed by atoms with Crippen LogP contribution >= 0.6 is 0 Å². The highest BCUT2D eigenvalue weighted by Gasteiger charge is 2.40. The molecule has 8 nitrogen and oxygen atoms in total. The lowest BCUT2D eigenvalue weighted by Crippen LogP contribution is -2.51. The van der Waals surface area contributed by atoms with Gasteiger partial charge in [-0.15, -0.1) is 0 Å². The third-order valence-corrected chi connectivity index (χ3v) is 10.2. The summed E-state index contributed by atoms with van der Waals surface area (Å²) < 4.78 is 19.4. The molecular formula is C41H57FN4O4. The lowest BCUT2D eigenvalue weighted by atomic mass is 9.82. The Morgan fingerprint density at radius 1 is 1.00 bits per heavy atom. The van der Waals surface area contributed by atoms with Crippen molar-refractivity contribution in [2.24, 2.45) is 5.41 Å². The van der Waals surface area contributed by atoms with Crippen molar-refractivity contribution in [3.05, 3.63) is 76.9 Å². The SMILES string of the molecule is CC(C)(C)O.Cc1nc(CN2C3CCC2CN(C)C3)c(-c2ccc(OCCc3ccc(F)cc3)cc2)c(N2CCC(C)(C)CC2)c1CC(=O)O. The number of hydrogen-bond donors (Lipinski definition) is 2. The van der Waals surface area contributed by atoms with Crippen LogP contribution in [0.3, 0.4) is 0 Å². The smallest absolute Gasteiger partial charge is 0.307 e.